The van der Waals surface area contributed by atoms with Gasteiger partial charge in [-0.25, -0.2) is 9.78 Å². The maximum absolute atomic E-state index is 13.0. The molecule has 1 aromatic carbocycles. The van der Waals surface area contributed by atoms with E-state index in [1.54, 1.807) is 0 Å². The number of benzene rings is 1. The van der Waals surface area contributed by atoms with Crippen molar-refractivity contribution in [2.24, 2.45) is 5.73 Å². The van der Waals surface area contributed by atoms with E-state index in [1.807, 2.05) is 0 Å². The Kier molecular flexibility index (Phi) is 5.97. The maximum Gasteiger partial charge on any atom is 0.417 e. The number of carbonyl (C=O) groups excluding carboxylic acids is 2. The molecule has 1 aromatic heterocycles. The fourth-order valence-corrected chi connectivity index (χ4v) is 2.76. The lowest BCUT2D eigenvalue weighted by molar-refractivity contribution is -0.137. The Morgan fingerprint density at radius 1 is 1.28 bits per heavy atom. The average Bonchev–Trinajstić information content (AvgIpc) is 3.01. The van der Waals surface area contributed by atoms with E-state index in [4.69, 9.17) is 5.73 Å². The molecule has 3 N–H and O–H groups in total. The van der Waals surface area contributed by atoms with Gasteiger partial charge < -0.3 is 15.8 Å². The summed E-state index contributed by atoms with van der Waals surface area (Å²) in [6.45, 7) is 0.520. The van der Waals surface area contributed by atoms with Crippen molar-refractivity contribution < 1.29 is 27.5 Å². The van der Waals surface area contributed by atoms with Crippen LogP contribution in [0.2, 0.25) is 0 Å². The molecule has 0 saturated heterocycles. The number of amides is 1. The minimum Gasteiger partial charge on any atom is -0.450 e. The zero-order valence-corrected chi connectivity index (χ0v) is 13.6. The van der Waals surface area contributed by atoms with E-state index in [0.717, 1.165) is 23.5 Å². The van der Waals surface area contributed by atoms with Gasteiger partial charge in [-0.15, -0.1) is 0 Å². The zero-order valence-electron chi connectivity index (χ0n) is 12.8. The van der Waals surface area contributed by atoms with Crippen molar-refractivity contribution in [3.63, 3.8) is 0 Å². The number of rotatable bonds is 7. The van der Waals surface area contributed by atoms with Crippen molar-refractivity contribution in [3.05, 3.63) is 46.5 Å². The number of hydrogen-bond acceptors (Lipinski definition) is 6. The molecule has 0 radical (unpaired) electrons. The molecule has 2 aromatic rings. The zero-order chi connectivity index (χ0) is 18.4. The molecule has 0 saturated carbocycles. The second kappa shape index (κ2) is 7.97. The van der Waals surface area contributed by atoms with Gasteiger partial charge in [-0.3, -0.25) is 4.79 Å². The summed E-state index contributed by atoms with van der Waals surface area (Å²) in [5, 5.41) is 3.27. The quantitative estimate of drug-likeness (QED) is 0.574. The molecule has 0 atom stereocenters. The average molecular weight is 373 g/mol. The minimum absolute atomic E-state index is 0.0904. The number of nitrogens with two attached hydrogens (primary N) is 1. The Hall–Kier alpha value is -2.62. The Bertz CT molecular complexity index is 762. The van der Waals surface area contributed by atoms with Crippen LogP contribution < -0.4 is 11.1 Å². The molecule has 0 bridgehead atoms. The first-order chi connectivity index (χ1) is 11.8. The highest BCUT2D eigenvalue weighted by atomic mass is 32.1. The summed E-state index contributed by atoms with van der Waals surface area (Å²) in [6, 6.07) is 4.61. The number of anilines is 1. The van der Waals surface area contributed by atoms with Crippen molar-refractivity contribution in [1.29, 1.82) is 0 Å². The molecular weight excluding hydrogens is 359 g/mol. The molecule has 0 unspecified atom stereocenters. The fourth-order valence-electron chi connectivity index (χ4n) is 1.96. The van der Waals surface area contributed by atoms with Crippen LogP contribution in [0.15, 0.2) is 30.5 Å². The molecule has 10 heteroatoms. The molecule has 134 valence electrons. The van der Waals surface area contributed by atoms with E-state index in [9.17, 15) is 22.8 Å². The van der Waals surface area contributed by atoms with E-state index in [-0.39, 0.29) is 11.5 Å². The van der Waals surface area contributed by atoms with Crippen LogP contribution in [0.1, 0.15) is 27.2 Å². The summed E-state index contributed by atoms with van der Waals surface area (Å²) in [6.07, 6.45) is -3.80. The van der Waals surface area contributed by atoms with Gasteiger partial charge >= 0.3 is 12.3 Å². The summed E-state index contributed by atoms with van der Waals surface area (Å²) in [5.41, 5.74) is 3.41. The van der Waals surface area contributed by atoms with E-state index >= 15 is 0 Å². The van der Waals surface area contributed by atoms with Crippen molar-refractivity contribution in [2.45, 2.75) is 12.6 Å². The highest BCUT2D eigenvalue weighted by Gasteiger charge is 2.35. The summed E-state index contributed by atoms with van der Waals surface area (Å²) in [5.74, 6) is -0.740. The highest BCUT2D eigenvalue weighted by molar-refractivity contribution is 7.17. The molecule has 1 amide bonds. The Labute approximate surface area is 144 Å². The van der Waals surface area contributed by atoms with Gasteiger partial charge in [0.15, 0.2) is 5.13 Å². The number of ketones is 1. The number of thiazole rings is 1. The monoisotopic (exact) mass is 373 g/mol. The molecule has 6 nitrogen and oxygen atoms in total. The van der Waals surface area contributed by atoms with E-state index in [2.05, 4.69) is 15.0 Å². The number of hydrogen-bond donors (Lipinski definition) is 2. The second-order valence-electron chi connectivity index (χ2n) is 4.85. The Morgan fingerprint density at radius 2 is 2.00 bits per heavy atom. The first-order valence-electron chi connectivity index (χ1n) is 7.12. The molecule has 25 heavy (non-hydrogen) atoms. The first kappa shape index (κ1) is 18.7. The largest absolute Gasteiger partial charge is 0.450 e. The van der Waals surface area contributed by atoms with Crippen LogP contribution in [0, 0.1) is 0 Å². The van der Waals surface area contributed by atoms with Crippen LogP contribution in [-0.4, -0.2) is 30.0 Å². The van der Waals surface area contributed by atoms with Gasteiger partial charge in [0.1, 0.15) is 0 Å². The molecule has 2 rings (SSSR count). The molecule has 1 heterocycles. The molecular formula is C15H14F3N3O3S. The lowest BCUT2D eigenvalue weighted by Gasteiger charge is -2.10. The third-order valence-electron chi connectivity index (χ3n) is 3.05. The molecule has 0 spiro atoms. The molecule has 0 aliphatic carbocycles. The predicted molar refractivity (Wildman–Crippen MR) is 85.6 cm³/mol. The maximum atomic E-state index is 13.0. The van der Waals surface area contributed by atoms with Gasteiger partial charge in [0.05, 0.1) is 23.2 Å². The SMILES string of the molecule is NC(=O)OCCCNc1ncc(C(=O)c2ccccc2C(F)(F)F)s1. The van der Waals surface area contributed by atoms with Crippen LogP contribution in [0.5, 0.6) is 0 Å². The van der Waals surface area contributed by atoms with E-state index in [1.165, 1.54) is 18.3 Å². The van der Waals surface area contributed by atoms with Gasteiger partial charge in [0.2, 0.25) is 5.78 Å². The van der Waals surface area contributed by atoms with Gasteiger partial charge in [0, 0.05) is 12.1 Å². The summed E-state index contributed by atoms with van der Waals surface area (Å²) >= 11 is 0.948. The normalized spacial score (nSPS) is 11.2. The molecule has 0 fully saturated rings. The summed E-state index contributed by atoms with van der Waals surface area (Å²) < 4.78 is 43.6. The predicted octanol–water partition coefficient (Wildman–Crippen LogP) is 3.29. The Balaban J connectivity index is 2.03. The third kappa shape index (κ3) is 5.18. The van der Waals surface area contributed by atoms with E-state index in [0.29, 0.717) is 18.1 Å². The fraction of sp³-hybridized carbons (Fsp3) is 0.267. The number of nitrogens with zero attached hydrogens (tertiary/aromatic N) is 1. The van der Waals surface area contributed by atoms with Crippen LogP contribution in [0.3, 0.4) is 0 Å². The van der Waals surface area contributed by atoms with Crippen LogP contribution in [-0.2, 0) is 10.9 Å². The van der Waals surface area contributed by atoms with Gasteiger partial charge in [0.25, 0.3) is 0 Å². The van der Waals surface area contributed by atoms with Gasteiger partial charge in [-0.1, -0.05) is 29.5 Å². The van der Waals surface area contributed by atoms with Crippen molar-refractivity contribution in [1.82, 2.24) is 4.98 Å². The number of halogens is 3. The number of nitrogens with one attached hydrogen (secondary N) is 1. The van der Waals surface area contributed by atoms with Gasteiger partial charge in [-0.2, -0.15) is 13.2 Å². The smallest absolute Gasteiger partial charge is 0.417 e. The third-order valence-corrected chi connectivity index (χ3v) is 4.00. The van der Waals surface area contributed by atoms with Crippen LogP contribution >= 0.6 is 11.3 Å². The first-order valence-corrected chi connectivity index (χ1v) is 7.93. The number of ether oxygens (including phenoxy) is 1. The lowest BCUT2D eigenvalue weighted by Crippen LogP contribution is -2.15. The number of primary amides is 1. The molecule has 0 aliphatic rings. The number of aromatic nitrogens is 1. The second-order valence-corrected chi connectivity index (χ2v) is 5.88. The van der Waals surface area contributed by atoms with Crippen molar-refractivity contribution in [3.8, 4) is 0 Å². The highest BCUT2D eigenvalue weighted by Crippen LogP contribution is 2.33. The summed E-state index contributed by atoms with van der Waals surface area (Å²) in [7, 11) is 0. The van der Waals surface area contributed by atoms with Crippen LogP contribution in [0.25, 0.3) is 0 Å². The van der Waals surface area contributed by atoms with Crippen molar-refractivity contribution in [2.75, 3.05) is 18.5 Å². The lowest BCUT2D eigenvalue weighted by atomic mass is 10.0. The Morgan fingerprint density at radius 3 is 2.68 bits per heavy atom. The standard InChI is InChI=1S/C15H14F3N3O3S/c16-15(17,18)10-5-2-1-4-9(10)12(22)11-8-21-14(25-11)20-6-3-7-24-13(19)23/h1-2,4-5,8H,3,6-7H2,(H2,19,23)(H,20,21). The summed E-state index contributed by atoms with van der Waals surface area (Å²) in [4.78, 5) is 26.8. The van der Waals surface area contributed by atoms with Crippen LogP contribution in [0.4, 0.5) is 23.1 Å². The van der Waals surface area contributed by atoms with Gasteiger partial charge in [-0.05, 0) is 12.5 Å². The number of carbonyl (C=O) groups is 2. The topological polar surface area (TPSA) is 94.3 Å². The van der Waals surface area contributed by atoms with Crippen molar-refractivity contribution >= 4 is 28.3 Å². The molecule has 0 aliphatic heterocycles. The van der Waals surface area contributed by atoms with E-state index < -0.39 is 29.2 Å². The minimum atomic E-state index is -4.61. The number of alkyl halides is 3.